The molecular weight excluding hydrogens is 458 g/mol. The van der Waals surface area contributed by atoms with Crippen LogP contribution in [0.3, 0.4) is 0 Å². The molecule has 2 amide bonds. The van der Waals surface area contributed by atoms with E-state index in [9.17, 15) is 18.0 Å². The lowest BCUT2D eigenvalue weighted by molar-refractivity contribution is -0.119. The zero-order valence-corrected chi connectivity index (χ0v) is 19.5. The molecule has 1 heterocycles. The summed E-state index contributed by atoms with van der Waals surface area (Å²) in [6.45, 7) is 0.304. The number of carbonyl (C=O) groups is 2. The van der Waals surface area contributed by atoms with Crippen LogP contribution in [-0.2, 0) is 21.4 Å². The van der Waals surface area contributed by atoms with Gasteiger partial charge in [0.2, 0.25) is 5.91 Å². The summed E-state index contributed by atoms with van der Waals surface area (Å²) in [4.78, 5) is 24.9. The Hall–Kier alpha value is -3.17. The Labute approximate surface area is 197 Å². The van der Waals surface area contributed by atoms with Crippen molar-refractivity contribution in [3.63, 3.8) is 0 Å². The Morgan fingerprint density at radius 3 is 2.39 bits per heavy atom. The van der Waals surface area contributed by atoms with E-state index in [1.807, 2.05) is 24.3 Å². The molecule has 9 heteroatoms. The first kappa shape index (κ1) is 23.0. The number of sulfonamides is 1. The fourth-order valence-corrected chi connectivity index (χ4v) is 5.84. The molecule has 33 heavy (non-hydrogen) atoms. The Balaban J connectivity index is 1.32. The number of rotatable bonds is 8. The molecule has 1 aliphatic rings. The number of hydrogen-bond donors (Lipinski definition) is 3. The van der Waals surface area contributed by atoms with Crippen LogP contribution in [-0.4, -0.2) is 20.2 Å². The van der Waals surface area contributed by atoms with Crippen molar-refractivity contribution in [1.82, 2.24) is 5.32 Å². The van der Waals surface area contributed by atoms with Crippen LogP contribution in [0.25, 0.3) is 0 Å². The van der Waals surface area contributed by atoms with E-state index in [0.29, 0.717) is 17.8 Å². The average Bonchev–Trinajstić information content (AvgIpc) is 3.53. The van der Waals surface area contributed by atoms with Crippen LogP contribution in [0.4, 0.5) is 11.4 Å². The molecular formula is C24H25N3O4S2. The number of amides is 2. The summed E-state index contributed by atoms with van der Waals surface area (Å²) in [6, 6.07) is 16.9. The molecule has 4 rings (SSSR count). The number of hydrogen-bond acceptors (Lipinski definition) is 5. The van der Waals surface area contributed by atoms with Gasteiger partial charge in [-0.2, -0.15) is 0 Å². The van der Waals surface area contributed by atoms with Gasteiger partial charge in [0.15, 0.2) is 0 Å². The maximum atomic E-state index is 12.5. The van der Waals surface area contributed by atoms with Gasteiger partial charge in [0.1, 0.15) is 4.21 Å². The minimum Gasteiger partial charge on any atom is -0.348 e. The van der Waals surface area contributed by atoms with Crippen molar-refractivity contribution < 1.29 is 18.0 Å². The van der Waals surface area contributed by atoms with Crippen LogP contribution in [0.1, 0.15) is 41.6 Å². The van der Waals surface area contributed by atoms with E-state index in [0.717, 1.165) is 48.3 Å². The molecule has 0 unspecified atom stereocenters. The zero-order chi connectivity index (χ0) is 23.3. The fourth-order valence-electron chi connectivity index (χ4n) is 3.79. The highest BCUT2D eigenvalue weighted by atomic mass is 32.2. The Bertz CT molecular complexity index is 1220. The van der Waals surface area contributed by atoms with E-state index in [1.54, 1.807) is 35.7 Å². The molecule has 0 atom stereocenters. The Morgan fingerprint density at radius 1 is 0.939 bits per heavy atom. The maximum Gasteiger partial charge on any atom is 0.271 e. The third-order valence-electron chi connectivity index (χ3n) is 5.53. The van der Waals surface area contributed by atoms with Crippen LogP contribution in [0.15, 0.2) is 70.3 Å². The smallest absolute Gasteiger partial charge is 0.271 e. The van der Waals surface area contributed by atoms with Gasteiger partial charge in [-0.15, -0.1) is 11.3 Å². The topological polar surface area (TPSA) is 104 Å². The van der Waals surface area contributed by atoms with Crippen molar-refractivity contribution >= 4 is 44.5 Å². The van der Waals surface area contributed by atoms with Crippen molar-refractivity contribution in [1.29, 1.82) is 0 Å². The second-order valence-corrected chi connectivity index (χ2v) is 10.8. The second kappa shape index (κ2) is 10.2. The molecule has 0 spiro atoms. The molecule has 0 aliphatic heterocycles. The van der Waals surface area contributed by atoms with Gasteiger partial charge in [0, 0.05) is 29.4 Å². The lowest BCUT2D eigenvalue weighted by Crippen LogP contribution is -2.23. The molecule has 1 saturated carbocycles. The quantitative estimate of drug-likeness (QED) is 0.435. The molecule has 0 radical (unpaired) electrons. The fraction of sp³-hybridized carbons (Fsp3) is 0.250. The number of anilines is 2. The average molecular weight is 484 g/mol. The van der Waals surface area contributed by atoms with Gasteiger partial charge in [0.05, 0.1) is 0 Å². The second-order valence-electron chi connectivity index (χ2n) is 7.97. The van der Waals surface area contributed by atoms with Crippen LogP contribution in [0.2, 0.25) is 0 Å². The highest BCUT2D eigenvalue weighted by molar-refractivity contribution is 7.94. The molecule has 3 N–H and O–H groups in total. The van der Waals surface area contributed by atoms with E-state index in [4.69, 9.17) is 0 Å². The number of nitrogens with one attached hydrogen (secondary N) is 3. The highest BCUT2D eigenvalue weighted by Crippen LogP contribution is 2.26. The molecule has 0 bridgehead atoms. The van der Waals surface area contributed by atoms with E-state index < -0.39 is 10.0 Å². The van der Waals surface area contributed by atoms with Gasteiger partial charge in [-0.1, -0.05) is 31.0 Å². The summed E-state index contributed by atoms with van der Waals surface area (Å²) in [5.74, 6) is -0.127. The minimum absolute atomic E-state index is 0.0588. The third kappa shape index (κ3) is 6.00. The molecule has 1 aromatic heterocycles. The van der Waals surface area contributed by atoms with Crippen molar-refractivity contribution in [3.05, 3.63) is 77.2 Å². The first-order chi connectivity index (χ1) is 15.9. The van der Waals surface area contributed by atoms with Crippen molar-refractivity contribution in [2.45, 2.75) is 36.4 Å². The van der Waals surface area contributed by atoms with E-state index >= 15 is 0 Å². The Morgan fingerprint density at radius 2 is 1.70 bits per heavy atom. The highest BCUT2D eigenvalue weighted by Gasteiger charge is 2.22. The molecule has 7 nitrogen and oxygen atoms in total. The van der Waals surface area contributed by atoms with Gasteiger partial charge < -0.3 is 10.6 Å². The summed E-state index contributed by atoms with van der Waals surface area (Å²) in [7, 11) is -3.63. The molecule has 2 aromatic carbocycles. The van der Waals surface area contributed by atoms with Crippen LogP contribution in [0.5, 0.6) is 0 Å². The SMILES string of the molecule is O=C(NCc1cccc(NC(=O)C2CCCC2)c1)c1ccc(NS(=O)(=O)c2cccs2)cc1. The zero-order valence-electron chi connectivity index (χ0n) is 17.9. The summed E-state index contributed by atoms with van der Waals surface area (Å²) in [5.41, 5.74) is 2.39. The van der Waals surface area contributed by atoms with Crippen molar-refractivity contribution in [3.8, 4) is 0 Å². The largest absolute Gasteiger partial charge is 0.348 e. The standard InChI is InChI=1S/C24H25N3O4S2/c28-23(19-10-12-20(13-11-19)27-33(30,31)22-9-4-14-32-22)25-16-17-5-3-8-21(15-17)26-24(29)18-6-1-2-7-18/h3-5,8-15,18,27H,1-2,6-7,16H2,(H,25,28)(H,26,29). The van der Waals surface area contributed by atoms with Crippen molar-refractivity contribution in [2.75, 3.05) is 10.0 Å². The molecule has 3 aromatic rings. The summed E-state index contributed by atoms with van der Waals surface area (Å²) >= 11 is 1.13. The van der Waals surface area contributed by atoms with Crippen LogP contribution < -0.4 is 15.4 Å². The third-order valence-corrected chi connectivity index (χ3v) is 8.31. The van der Waals surface area contributed by atoms with Gasteiger partial charge in [0.25, 0.3) is 15.9 Å². The van der Waals surface area contributed by atoms with Crippen molar-refractivity contribution in [2.24, 2.45) is 5.92 Å². The summed E-state index contributed by atoms with van der Waals surface area (Å²) in [6.07, 6.45) is 4.09. The van der Waals surface area contributed by atoms with E-state index in [2.05, 4.69) is 15.4 Å². The number of benzene rings is 2. The maximum absolute atomic E-state index is 12.5. The number of thiophene rings is 1. The van der Waals surface area contributed by atoms with Gasteiger partial charge in [-0.25, -0.2) is 8.42 Å². The monoisotopic (exact) mass is 483 g/mol. The van der Waals surface area contributed by atoms with Crippen LogP contribution >= 0.6 is 11.3 Å². The molecule has 0 saturated heterocycles. The first-order valence-corrected chi connectivity index (χ1v) is 13.1. The van der Waals surface area contributed by atoms with Crippen LogP contribution in [0, 0.1) is 5.92 Å². The lowest BCUT2D eigenvalue weighted by atomic mass is 10.1. The van der Waals surface area contributed by atoms with Gasteiger partial charge in [-0.3, -0.25) is 14.3 Å². The van der Waals surface area contributed by atoms with Gasteiger partial charge >= 0.3 is 0 Å². The predicted molar refractivity (Wildman–Crippen MR) is 130 cm³/mol. The molecule has 1 aliphatic carbocycles. The lowest BCUT2D eigenvalue weighted by Gasteiger charge is -2.12. The summed E-state index contributed by atoms with van der Waals surface area (Å²) in [5, 5.41) is 7.52. The van der Waals surface area contributed by atoms with E-state index in [-0.39, 0.29) is 21.9 Å². The molecule has 172 valence electrons. The normalized spacial score (nSPS) is 14.1. The van der Waals surface area contributed by atoms with Gasteiger partial charge in [-0.05, 0) is 66.2 Å². The Kier molecular flexibility index (Phi) is 7.10. The number of carbonyl (C=O) groups excluding carboxylic acids is 2. The predicted octanol–water partition coefficient (Wildman–Crippen LogP) is 4.61. The van der Waals surface area contributed by atoms with E-state index in [1.165, 1.54) is 6.07 Å². The molecule has 1 fully saturated rings. The minimum atomic E-state index is -3.63. The summed E-state index contributed by atoms with van der Waals surface area (Å²) < 4.78 is 27.3. The first-order valence-electron chi connectivity index (χ1n) is 10.8.